The lowest BCUT2D eigenvalue weighted by Crippen LogP contribution is -2.20. The average molecular weight is 289 g/mol. The molecule has 1 saturated heterocycles. The Hall–Kier alpha value is -0.860. The van der Waals surface area contributed by atoms with Gasteiger partial charge in [-0.05, 0) is 30.8 Å². The zero-order valence-corrected chi connectivity index (χ0v) is 11.4. The first-order valence-electron chi connectivity index (χ1n) is 5.92. The van der Waals surface area contributed by atoms with Crippen LogP contribution in [0.4, 0.5) is 10.8 Å². The number of hydrogen-bond donors (Lipinski definition) is 2. The van der Waals surface area contributed by atoms with Gasteiger partial charge in [-0.2, -0.15) is 4.37 Å². The predicted molar refractivity (Wildman–Crippen MR) is 69.6 cm³/mol. The number of nitrogens with two attached hydrogens (primary N) is 1. The number of nitrogens with one attached hydrogen (secondary N) is 1. The number of anilines is 2. The fourth-order valence-corrected chi connectivity index (χ4v) is 4.99. The Labute approximate surface area is 110 Å². The first kappa shape index (κ1) is 12.2. The zero-order chi connectivity index (χ0) is 12.8. The molecule has 100 valence electrons. The number of nitrogens with zero attached hydrogens (tertiary/aromatic N) is 1. The Balaban J connectivity index is 1.90. The van der Waals surface area contributed by atoms with Crippen LogP contribution in [0, 0.1) is 0 Å². The van der Waals surface area contributed by atoms with Crippen molar-refractivity contribution in [3.63, 3.8) is 0 Å². The molecule has 6 nitrogen and oxygen atoms in total. The Morgan fingerprint density at radius 2 is 2.17 bits per heavy atom. The largest absolute Gasteiger partial charge is 0.382 e. The van der Waals surface area contributed by atoms with Crippen LogP contribution in [0.5, 0.6) is 0 Å². The molecule has 0 amide bonds. The maximum Gasteiger partial charge on any atom is 0.187 e. The molecule has 2 heterocycles. The molecule has 1 aromatic rings. The van der Waals surface area contributed by atoms with Crippen molar-refractivity contribution in [2.24, 2.45) is 0 Å². The molecule has 1 aliphatic heterocycles. The van der Waals surface area contributed by atoms with Gasteiger partial charge in [-0.1, -0.05) is 0 Å². The van der Waals surface area contributed by atoms with Crippen molar-refractivity contribution in [1.82, 2.24) is 4.37 Å². The molecule has 2 aliphatic rings. The molecule has 0 bridgehead atoms. The van der Waals surface area contributed by atoms with Crippen molar-refractivity contribution in [1.29, 1.82) is 0 Å². The molecule has 0 spiro atoms. The Morgan fingerprint density at radius 3 is 2.78 bits per heavy atom. The van der Waals surface area contributed by atoms with Crippen molar-refractivity contribution >= 4 is 32.2 Å². The molecule has 1 atom stereocenters. The third kappa shape index (κ3) is 2.08. The molecule has 1 aromatic heterocycles. The average Bonchev–Trinajstić information content (AvgIpc) is 2.96. The summed E-state index contributed by atoms with van der Waals surface area (Å²) in [4.78, 5) is 0.196. The molecule has 1 unspecified atom stereocenters. The fraction of sp³-hybridized carbons (Fsp3) is 0.700. The van der Waals surface area contributed by atoms with E-state index in [9.17, 15) is 8.42 Å². The molecule has 0 radical (unpaired) electrons. The monoisotopic (exact) mass is 289 g/mol. The van der Waals surface area contributed by atoms with Crippen molar-refractivity contribution in [2.75, 3.05) is 24.3 Å². The summed E-state index contributed by atoms with van der Waals surface area (Å²) in [5.41, 5.74) is 5.72. The second-order valence-electron chi connectivity index (χ2n) is 4.68. The number of nitrogen functional groups attached to an aromatic ring is 1. The third-order valence-electron chi connectivity index (χ3n) is 3.19. The third-order valence-corrected chi connectivity index (χ3v) is 6.44. The highest BCUT2D eigenvalue weighted by Gasteiger charge is 2.41. The van der Waals surface area contributed by atoms with E-state index < -0.39 is 9.84 Å². The standard InChI is InChI=1S/C10H15N3O3S2/c11-9-8(18(14,15)7-1-2-7)10(17-13-9)12-6-3-4-16-5-6/h6-7,12H,1-5H2,(H2,11,13). The van der Waals surface area contributed by atoms with Crippen LogP contribution in [0.3, 0.4) is 0 Å². The van der Waals surface area contributed by atoms with Gasteiger partial charge in [0.25, 0.3) is 0 Å². The Morgan fingerprint density at radius 1 is 1.39 bits per heavy atom. The SMILES string of the molecule is Nc1nsc(NC2CCOC2)c1S(=O)(=O)C1CC1. The van der Waals surface area contributed by atoms with Crippen LogP contribution in [0.15, 0.2) is 4.90 Å². The minimum Gasteiger partial charge on any atom is -0.382 e. The van der Waals surface area contributed by atoms with Crippen molar-refractivity contribution in [2.45, 2.75) is 35.4 Å². The summed E-state index contributed by atoms with van der Waals surface area (Å²) >= 11 is 1.11. The van der Waals surface area contributed by atoms with Gasteiger partial charge in [0, 0.05) is 6.61 Å². The number of sulfone groups is 1. The lowest BCUT2D eigenvalue weighted by atomic mass is 10.3. The topological polar surface area (TPSA) is 94.3 Å². The second kappa shape index (κ2) is 4.36. The van der Waals surface area contributed by atoms with Crippen molar-refractivity contribution < 1.29 is 13.2 Å². The lowest BCUT2D eigenvalue weighted by molar-refractivity contribution is 0.195. The first-order chi connectivity index (χ1) is 8.59. The van der Waals surface area contributed by atoms with Gasteiger partial charge in [-0.25, -0.2) is 8.42 Å². The minimum absolute atomic E-state index is 0.119. The summed E-state index contributed by atoms with van der Waals surface area (Å²) in [6.07, 6.45) is 2.33. The van der Waals surface area contributed by atoms with E-state index in [1.54, 1.807) is 0 Å². The summed E-state index contributed by atoms with van der Waals surface area (Å²) in [6, 6.07) is 0.151. The molecule has 3 N–H and O–H groups in total. The summed E-state index contributed by atoms with van der Waals surface area (Å²) in [6.45, 7) is 1.30. The van der Waals surface area contributed by atoms with Gasteiger partial charge in [0.2, 0.25) is 0 Å². The van der Waals surface area contributed by atoms with Gasteiger partial charge in [0.15, 0.2) is 15.7 Å². The van der Waals surface area contributed by atoms with Gasteiger partial charge in [-0.3, -0.25) is 0 Å². The van der Waals surface area contributed by atoms with Crippen molar-refractivity contribution in [3.05, 3.63) is 0 Å². The number of ether oxygens (including phenoxy) is 1. The second-order valence-corrected chi connectivity index (χ2v) is 7.61. The van der Waals surface area contributed by atoms with Crippen LogP contribution in [-0.4, -0.2) is 37.3 Å². The van der Waals surface area contributed by atoms with Gasteiger partial charge >= 0.3 is 0 Å². The number of rotatable bonds is 4. The maximum atomic E-state index is 12.3. The van der Waals surface area contributed by atoms with E-state index in [0.717, 1.165) is 30.8 Å². The lowest BCUT2D eigenvalue weighted by Gasteiger charge is -2.11. The van der Waals surface area contributed by atoms with Crippen LogP contribution in [-0.2, 0) is 14.6 Å². The summed E-state index contributed by atoms with van der Waals surface area (Å²) in [7, 11) is -3.31. The first-order valence-corrected chi connectivity index (χ1v) is 8.24. The molecular weight excluding hydrogens is 274 g/mol. The number of hydrogen-bond acceptors (Lipinski definition) is 7. The van der Waals surface area contributed by atoms with E-state index in [2.05, 4.69) is 9.69 Å². The molecule has 3 rings (SSSR count). The van der Waals surface area contributed by atoms with E-state index in [1.807, 2.05) is 0 Å². The quantitative estimate of drug-likeness (QED) is 0.854. The molecule has 8 heteroatoms. The molecule has 18 heavy (non-hydrogen) atoms. The molecule has 0 aromatic carbocycles. The van der Waals surface area contributed by atoms with E-state index in [1.165, 1.54) is 0 Å². The van der Waals surface area contributed by atoms with E-state index >= 15 is 0 Å². The molecular formula is C10H15N3O3S2. The fourth-order valence-electron chi connectivity index (χ4n) is 2.04. The van der Waals surface area contributed by atoms with E-state index in [4.69, 9.17) is 10.5 Å². The van der Waals surface area contributed by atoms with Gasteiger partial charge in [0.05, 0.1) is 17.9 Å². The van der Waals surface area contributed by atoms with Gasteiger partial charge in [0.1, 0.15) is 9.90 Å². The van der Waals surface area contributed by atoms with E-state index in [-0.39, 0.29) is 22.0 Å². The molecule has 2 fully saturated rings. The van der Waals surface area contributed by atoms with Crippen LogP contribution in [0.25, 0.3) is 0 Å². The highest BCUT2D eigenvalue weighted by Crippen LogP contribution is 2.41. The highest BCUT2D eigenvalue weighted by atomic mass is 32.2. The van der Waals surface area contributed by atoms with Crippen LogP contribution >= 0.6 is 11.5 Å². The minimum atomic E-state index is -3.31. The zero-order valence-electron chi connectivity index (χ0n) is 9.76. The summed E-state index contributed by atoms with van der Waals surface area (Å²) in [5, 5.41) is 3.49. The highest BCUT2D eigenvalue weighted by molar-refractivity contribution is 7.92. The van der Waals surface area contributed by atoms with E-state index in [0.29, 0.717) is 18.2 Å². The smallest absolute Gasteiger partial charge is 0.187 e. The Kier molecular flexibility index (Phi) is 2.95. The molecule has 1 aliphatic carbocycles. The summed E-state index contributed by atoms with van der Waals surface area (Å²) < 4.78 is 33.8. The normalized spacial score (nSPS) is 24.3. The number of aromatic nitrogens is 1. The summed E-state index contributed by atoms with van der Waals surface area (Å²) in [5.74, 6) is 0.119. The van der Waals surface area contributed by atoms with Crippen molar-refractivity contribution in [3.8, 4) is 0 Å². The molecule has 1 saturated carbocycles. The van der Waals surface area contributed by atoms with Crippen LogP contribution in [0.1, 0.15) is 19.3 Å². The maximum absolute atomic E-state index is 12.3. The van der Waals surface area contributed by atoms with Gasteiger partial charge < -0.3 is 15.8 Å². The Bertz CT molecular complexity index is 545. The van der Waals surface area contributed by atoms with Gasteiger partial charge in [-0.15, -0.1) is 0 Å². The predicted octanol–water partition coefficient (Wildman–Crippen LogP) is 0.862. The van der Waals surface area contributed by atoms with Crippen LogP contribution < -0.4 is 11.1 Å². The van der Waals surface area contributed by atoms with Crippen LogP contribution in [0.2, 0.25) is 0 Å².